The van der Waals surface area contributed by atoms with Crippen LogP contribution in [-0.4, -0.2) is 4.40 Å². The maximum absolute atomic E-state index is 2.56. The van der Waals surface area contributed by atoms with Crippen LogP contribution in [0.3, 0.4) is 0 Å². The van der Waals surface area contributed by atoms with Gasteiger partial charge in [0.2, 0.25) is 0 Å². The van der Waals surface area contributed by atoms with Gasteiger partial charge in [0.15, 0.2) is 0 Å². The summed E-state index contributed by atoms with van der Waals surface area (Å²) in [6.07, 6.45) is 0. The lowest BCUT2D eigenvalue weighted by molar-refractivity contribution is 0.590. The SMILES string of the molecule is CC(C)(C)c1ccc(-c2cc3c4cc5ccc(-c6ccc(N(c7ccccc7)c7cccc8c7sc7ccccc78)cc6)cc5cc4n4c5cc6cc(-c7ccc(N(c8ccccc8)c8cccc9c8sc8ccccc89)cc7)ccc6cc5c(c2)c34)cc1. The minimum Gasteiger partial charge on any atom is -0.309 e. The van der Waals surface area contributed by atoms with Crippen molar-refractivity contribution in [1.82, 2.24) is 4.40 Å². The van der Waals surface area contributed by atoms with Crippen molar-refractivity contribution in [1.29, 1.82) is 0 Å². The van der Waals surface area contributed by atoms with Crippen molar-refractivity contribution < 1.29 is 0 Å². The van der Waals surface area contributed by atoms with Gasteiger partial charge in [-0.05, 0) is 187 Å². The van der Waals surface area contributed by atoms with Gasteiger partial charge in [-0.2, -0.15) is 0 Å². The van der Waals surface area contributed by atoms with Crippen LogP contribution in [0.5, 0.6) is 0 Å². The number of rotatable bonds is 9. The van der Waals surface area contributed by atoms with E-state index in [9.17, 15) is 0 Å². The molecular formula is C84H57N3S2. The molecule has 3 nitrogen and oxygen atoms in total. The predicted octanol–water partition coefficient (Wildman–Crippen LogP) is 25.1. The van der Waals surface area contributed by atoms with Gasteiger partial charge in [0.1, 0.15) is 0 Å². The maximum atomic E-state index is 2.56. The standard InChI is InChI=1S/C84H57N3S2/c1-84(2,3)62-38-32-54(33-39-62)61-48-73-71-46-57-30-28-55(52-34-40-65(41-35-52)85(63-16-6-4-7-17-63)75-24-14-22-69-67-20-10-12-26-79(67)88-82(69)75)44-59(57)50-77(71)87-78-51-60-45-56(29-31-58(60)47-72(78)74(49-61)81(73)87)53-36-42-66(43-37-53)86(64-18-8-5-9-19-64)76-25-15-23-70-68-21-11-13-27-80(68)89-83(70)76/h4-51H,1-3H3. The van der Waals surface area contributed by atoms with Gasteiger partial charge in [-0.1, -0.05) is 191 Å². The van der Waals surface area contributed by atoms with E-state index < -0.39 is 0 Å². The van der Waals surface area contributed by atoms with Crippen molar-refractivity contribution in [3.8, 4) is 33.4 Å². The zero-order chi connectivity index (χ0) is 59.1. The lowest BCUT2D eigenvalue weighted by atomic mass is 9.86. The molecular weight excluding hydrogens is 1120 g/mol. The van der Waals surface area contributed by atoms with Crippen LogP contribution in [0.15, 0.2) is 291 Å². The molecule has 0 spiro atoms. The van der Waals surface area contributed by atoms with Crippen LogP contribution in [0.25, 0.3) is 133 Å². The molecule has 4 heterocycles. The third-order valence-corrected chi connectivity index (χ3v) is 21.0. The van der Waals surface area contributed by atoms with Gasteiger partial charge in [0.25, 0.3) is 0 Å². The molecule has 0 aliphatic carbocycles. The molecule has 0 fully saturated rings. The second-order valence-electron chi connectivity index (χ2n) is 24.9. The summed E-state index contributed by atoms with van der Waals surface area (Å²) in [7, 11) is 0. The molecule has 0 saturated carbocycles. The molecule has 0 atom stereocenters. The van der Waals surface area contributed by atoms with Crippen molar-refractivity contribution in [3.63, 3.8) is 0 Å². The fourth-order valence-corrected chi connectivity index (χ4v) is 16.6. The van der Waals surface area contributed by atoms with Crippen molar-refractivity contribution in [2.24, 2.45) is 0 Å². The Hall–Kier alpha value is -10.6. The zero-order valence-electron chi connectivity index (χ0n) is 49.4. The molecule has 420 valence electrons. The first-order valence-electron chi connectivity index (χ1n) is 30.7. The van der Waals surface area contributed by atoms with Crippen LogP contribution in [0.2, 0.25) is 0 Å². The molecule has 18 aromatic rings. The Morgan fingerprint density at radius 1 is 0.281 bits per heavy atom. The number of aromatic nitrogens is 1. The number of benzene rings is 14. The maximum Gasteiger partial charge on any atom is 0.0640 e. The van der Waals surface area contributed by atoms with Crippen molar-refractivity contribution in [2.45, 2.75) is 26.2 Å². The Bertz CT molecular complexity index is 5480. The Balaban J connectivity index is 0.755. The average Bonchev–Trinajstić information content (AvgIpc) is 1.56. The fourth-order valence-electron chi connectivity index (χ4n) is 14.1. The van der Waals surface area contributed by atoms with E-state index in [1.54, 1.807) is 0 Å². The van der Waals surface area contributed by atoms with E-state index in [1.807, 2.05) is 22.7 Å². The molecule has 89 heavy (non-hydrogen) atoms. The fraction of sp³-hybridized carbons (Fsp3) is 0.0476. The van der Waals surface area contributed by atoms with Crippen LogP contribution in [0.4, 0.5) is 34.1 Å². The van der Waals surface area contributed by atoms with E-state index in [2.05, 4.69) is 326 Å². The monoisotopic (exact) mass is 1170 g/mol. The van der Waals surface area contributed by atoms with E-state index in [0.29, 0.717) is 0 Å². The topological polar surface area (TPSA) is 10.9 Å². The molecule has 0 saturated heterocycles. The minimum absolute atomic E-state index is 0.0662. The van der Waals surface area contributed by atoms with Crippen LogP contribution in [0, 0.1) is 0 Å². The highest BCUT2D eigenvalue weighted by atomic mass is 32.1. The highest BCUT2D eigenvalue weighted by molar-refractivity contribution is 7.26. The molecule has 5 heteroatoms. The van der Waals surface area contributed by atoms with E-state index in [4.69, 9.17) is 0 Å². The Morgan fingerprint density at radius 2 is 0.674 bits per heavy atom. The van der Waals surface area contributed by atoms with E-state index in [-0.39, 0.29) is 5.41 Å². The van der Waals surface area contributed by atoms with Crippen molar-refractivity contribution in [3.05, 3.63) is 297 Å². The normalized spacial score (nSPS) is 12.2. The highest BCUT2D eigenvalue weighted by Gasteiger charge is 2.24. The first kappa shape index (κ1) is 51.6. The van der Waals surface area contributed by atoms with Gasteiger partial charge in [-0.3, -0.25) is 0 Å². The first-order chi connectivity index (χ1) is 43.7. The van der Waals surface area contributed by atoms with Gasteiger partial charge in [0, 0.05) is 75.2 Å². The van der Waals surface area contributed by atoms with Crippen LogP contribution in [0.1, 0.15) is 26.3 Å². The van der Waals surface area contributed by atoms with Gasteiger partial charge >= 0.3 is 0 Å². The quantitative estimate of drug-likeness (QED) is 0.143. The molecule has 4 aromatic heterocycles. The molecule has 0 radical (unpaired) electrons. The van der Waals surface area contributed by atoms with Crippen molar-refractivity contribution >= 4 is 157 Å². The largest absolute Gasteiger partial charge is 0.309 e. The summed E-state index contributed by atoms with van der Waals surface area (Å²) in [5.74, 6) is 0. The lowest BCUT2D eigenvalue weighted by Crippen LogP contribution is -2.10. The molecule has 0 aliphatic rings. The molecule has 0 unspecified atom stereocenters. The predicted molar refractivity (Wildman–Crippen MR) is 386 cm³/mol. The second-order valence-corrected chi connectivity index (χ2v) is 27.0. The zero-order valence-corrected chi connectivity index (χ0v) is 51.0. The number of para-hydroxylation sites is 2. The third-order valence-electron chi connectivity index (χ3n) is 18.6. The number of nitrogens with zero attached hydrogens (tertiary/aromatic N) is 3. The summed E-state index contributed by atoms with van der Waals surface area (Å²) in [5.41, 5.74) is 19.2. The Labute approximate surface area is 523 Å². The molecule has 0 amide bonds. The molecule has 0 bridgehead atoms. The smallest absolute Gasteiger partial charge is 0.0640 e. The second kappa shape index (κ2) is 20.0. The number of anilines is 6. The summed E-state index contributed by atoms with van der Waals surface area (Å²) >= 11 is 3.73. The van der Waals surface area contributed by atoms with E-state index >= 15 is 0 Å². The number of fused-ring (bicyclic) bond motifs is 14. The number of hydrogen-bond donors (Lipinski definition) is 0. The van der Waals surface area contributed by atoms with E-state index in [1.165, 1.54) is 150 Å². The molecule has 0 aliphatic heterocycles. The summed E-state index contributed by atoms with van der Waals surface area (Å²) < 4.78 is 7.74. The highest BCUT2D eigenvalue weighted by Crippen LogP contribution is 2.49. The Morgan fingerprint density at radius 3 is 1.13 bits per heavy atom. The lowest BCUT2D eigenvalue weighted by Gasteiger charge is -2.26. The summed E-state index contributed by atoms with van der Waals surface area (Å²) in [5, 5.41) is 15.1. The van der Waals surface area contributed by atoms with Gasteiger partial charge < -0.3 is 14.2 Å². The first-order valence-corrected chi connectivity index (χ1v) is 32.3. The van der Waals surface area contributed by atoms with Crippen molar-refractivity contribution in [2.75, 3.05) is 9.80 Å². The van der Waals surface area contributed by atoms with Crippen LogP contribution >= 0.6 is 22.7 Å². The summed E-state index contributed by atoms with van der Waals surface area (Å²) in [4.78, 5) is 4.82. The summed E-state index contributed by atoms with van der Waals surface area (Å²) in [6, 6.07) is 109. The Kier molecular flexibility index (Phi) is 11.6. The molecule has 18 rings (SSSR count). The summed E-state index contributed by atoms with van der Waals surface area (Å²) in [6.45, 7) is 6.87. The third kappa shape index (κ3) is 8.37. The van der Waals surface area contributed by atoms with Crippen LogP contribution < -0.4 is 9.80 Å². The van der Waals surface area contributed by atoms with E-state index in [0.717, 1.165) is 22.7 Å². The minimum atomic E-state index is 0.0662. The molecule has 0 N–H and O–H groups in total. The number of hydrogen-bond acceptors (Lipinski definition) is 4. The van der Waals surface area contributed by atoms with Crippen LogP contribution in [-0.2, 0) is 5.41 Å². The van der Waals surface area contributed by atoms with Gasteiger partial charge in [0.05, 0.1) is 37.3 Å². The van der Waals surface area contributed by atoms with Gasteiger partial charge in [-0.25, -0.2) is 0 Å². The average molecular weight is 1170 g/mol. The number of thiophene rings is 2. The molecule has 14 aromatic carbocycles. The van der Waals surface area contributed by atoms with Gasteiger partial charge in [-0.15, -0.1) is 22.7 Å².